The van der Waals surface area contributed by atoms with Crippen LogP contribution in [-0.2, 0) is 0 Å². The molecule has 2 heterocycles. The number of anilines is 1. The van der Waals surface area contributed by atoms with Gasteiger partial charge in [-0.25, -0.2) is 4.39 Å². The number of rotatable bonds is 2. The lowest BCUT2D eigenvalue weighted by Crippen LogP contribution is -2.24. The number of hydrogen-bond acceptors (Lipinski definition) is 5. The van der Waals surface area contributed by atoms with Crippen LogP contribution < -0.4 is 4.90 Å². The molecular weight excluding hydrogens is 237 g/mol. The van der Waals surface area contributed by atoms with E-state index in [0.717, 1.165) is 5.69 Å². The van der Waals surface area contributed by atoms with Crippen LogP contribution in [0, 0.1) is 0 Å². The summed E-state index contributed by atoms with van der Waals surface area (Å²) >= 11 is 0. The molecule has 2 atom stereocenters. The summed E-state index contributed by atoms with van der Waals surface area (Å²) in [5.74, 6) is 0.445. The van der Waals surface area contributed by atoms with Gasteiger partial charge < -0.3 is 10.0 Å². The Morgan fingerprint density at radius 1 is 1.22 bits per heavy atom. The number of β-amino-alcohol motifs (C(OH)–C–C–N with tert-alkyl or cyclic N) is 1. The SMILES string of the molecule is O[C@@H]1CN(c2nnnn2-c2ccccc2)C[C@H]1F. The highest BCUT2D eigenvalue weighted by Gasteiger charge is 2.34. The molecule has 0 bridgehead atoms. The molecule has 1 aliphatic rings. The van der Waals surface area contributed by atoms with Crippen molar-refractivity contribution in [2.24, 2.45) is 0 Å². The van der Waals surface area contributed by atoms with Gasteiger partial charge in [-0.2, -0.15) is 4.68 Å². The van der Waals surface area contributed by atoms with Gasteiger partial charge in [0.25, 0.3) is 5.95 Å². The largest absolute Gasteiger partial charge is 0.388 e. The third-order valence-electron chi connectivity index (χ3n) is 2.96. The first-order valence-corrected chi connectivity index (χ1v) is 5.66. The fourth-order valence-electron chi connectivity index (χ4n) is 2.03. The van der Waals surface area contributed by atoms with E-state index in [0.29, 0.717) is 5.95 Å². The van der Waals surface area contributed by atoms with Crippen LogP contribution in [0.2, 0.25) is 0 Å². The molecule has 94 valence electrons. The van der Waals surface area contributed by atoms with Crippen molar-refractivity contribution < 1.29 is 9.50 Å². The average Bonchev–Trinajstić information content (AvgIpc) is 2.98. The Morgan fingerprint density at radius 2 is 2.00 bits per heavy atom. The molecule has 0 saturated carbocycles. The summed E-state index contributed by atoms with van der Waals surface area (Å²) in [4.78, 5) is 1.64. The van der Waals surface area contributed by atoms with Crippen molar-refractivity contribution in [1.82, 2.24) is 20.2 Å². The molecule has 0 spiro atoms. The first kappa shape index (κ1) is 11.1. The lowest BCUT2D eigenvalue weighted by molar-refractivity contribution is 0.118. The molecule has 1 fully saturated rings. The van der Waals surface area contributed by atoms with Crippen LogP contribution in [0.25, 0.3) is 5.69 Å². The minimum absolute atomic E-state index is 0.106. The van der Waals surface area contributed by atoms with Gasteiger partial charge in [-0.1, -0.05) is 23.3 Å². The van der Waals surface area contributed by atoms with E-state index in [1.165, 1.54) is 4.68 Å². The van der Waals surface area contributed by atoms with Crippen LogP contribution in [0.1, 0.15) is 0 Å². The zero-order valence-corrected chi connectivity index (χ0v) is 9.52. The summed E-state index contributed by atoms with van der Waals surface area (Å²) in [6.45, 7) is 0.308. The molecule has 1 saturated heterocycles. The quantitative estimate of drug-likeness (QED) is 0.822. The molecule has 6 nitrogen and oxygen atoms in total. The number of halogens is 1. The highest BCUT2D eigenvalue weighted by Crippen LogP contribution is 2.21. The van der Waals surface area contributed by atoms with Crippen molar-refractivity contribution >= 4 is 5.95 Å². The Hall–Kier alpha value is -2.02. The second kappa shape index (κ2) is 4.34. The van der Waals surface area contributed by atoms with Gasteiger partial charge in [0, 0.05) is 6.54 Å². The maximum Gasteiger partial charge on any atom is 0.250 e. The highest BCUT2D eigenvalue weighted by molar-refractivity contribution is 5.41. The van der Waals surface area contributed by atoms with E-state index >= 15 is 0 Å². The normalized spacial score (nSPS) is 23.6. The third kappa shape index (κ3) is 1.82. The average molecular weight is 249 g/mol. The van der Waals surface area contributed by atoms with E-state index in [4.69, 9.17) is 0 Å². The number of tetrazole rings is 1. The van der Waals surface area contributed by atoms with Crippen LogP contribution in [-0.4, -0.2) is 50.7 Å². The monoisotopic (exact) mass is 249 g/mol. The number of nitrogens with zero attached hydrogens (tertiary/aromatic N) is 5. The van der Waals surface area contributed by atoms with Crippen LogP contribution in [0.15, 0.2) is 30.3 Å². The summed E-state index contributed by atoms with van der Waals surface area (Å²) in [5, 5.41) is 20.8. The maximum absolute atomic E-state index is 13.3. The molecule has 3 rings (SSSR count). The van der Waals surface area contributed by atoms with Crippen molar-refractivity contribution in [3.63, 3.8) is 0 Å². The Morgan fingerprint density at radius 3 is 2.67 bits per heavy atom. The van der Waals surface area contributed by atoms with Gasteiger partial charge in [0.1, 0.15) is 12.3 Å². The molecule has 1 aliphatic heterocycles. The second-order valence-electron chi connectivity index (χ2n) is 4.21. The van der Waals surface area contributed by atoms with Crippen LogP contribution in [0.5, 0.6) is 0 Å². The molecule has 0 amide bonds. The van der Waals surface area contributed by atoms with Crippen molar-refractivity contribution in [3.05, 3.63) is 30.3 Å². The minimum atomic E-state index is -1.26. The zero-order valence-electron chi connectivity index (χ0n) is 9.52. The predicted molar refractivity (Wildman–Crippen MR) is 62.3 cm³/mol. The summed E-state index contributed by atoms with van der Waals surface area (Å²) in [5.41, 5.74) is 0.800. The number of aliphatic hydroxyl groups is 1. The van der Waals surface area contributed by atoms with Crippen LogP contribution in [0.3, 0.4) is 0 Å². The maximum atomic E-state index is 13.3. The van der Waals surface area contributed by atoms with E-state index in [2.05, 4.69) is 15.5 Å². The fraction of sp³-hybridized carbons (Fsp3) is 0.364. The molecule has 1 aromatic carbocycles. The minimum Gasteiger partial charge on any atom is -0.388 e. The van der Waals surface area contributed by atoms with Crippen LogP contribution >= 0.6 is 0 Å². The zero-order chi connectivity index (χ0) is 12.5. The number of aromatic nitrogens is 4. The van der Waals surface area contributed by atoms with E-state index in [1.807, 2.05) is 30.3 Å². The van der Waals surface area contributed by atoms with Crippen molar-refractivity contribution in [3.8, 4) is 5.69 Å². The molecule has 0 unspecified atom stereocenters. The molecule has 2 aromatic rings. The third-order valence-corrected chi connectivity index (χ3v) is 2.96. The molecule has 0 aliphatic carbocycles. The summed E-state index contributed by atoms with van der Waals surface area (Å²) < 4.78 is 14.9. The lowest BCUT2D eigenvalue weighted by Gasteiger charge is -2.15. The Labute approximate surface area is 103 Å². The summed E-state index contributed by atoms with van der Waals surface area (Å²) in [6, 6.07) is 9.36. The fourth-order valence-corrected chi connectivity index (χ4v) is 2.03. The Balaban J connectivity index is 1.93. The van der Waals surface area contributed by atoms with Gasteiger partial charge in [0.15, 0.2) is 0 Å². The number of aliphatic hydroxyl groups excluding tert-OH is 1. The number of para-hydroxylation sites is 1. The number of hydrogen-bond donors (Lipinski definition) is 1. The number of alkyl halides is 1. The van der Waals surface area contributed by atoms with E-state index in [9.17, 15) is 9.50 Å². The van der Waals surface area contributed by atoms with Gasteiger partial charge in [-0.05, 0) is 22.6 Å². The van der Waals surface area contributed by atoms with E-state index in [1.54, 1.807) is 4.90 Å². The van der Waals surface area contributed by atoms with E-state index in [-0.39, 0.29) is 13.1 Å². The molecule has 18 heavy (non-hydrogen) atoms. The molecular formula is C11H12FN5O. The van der Waals surface area contributed by atoms with Crippen molar-refractivity contribution in [2.45, 2.75) is 12.3 Å². The first-order valence-electron chi connectivity index (χ1n) is 5.66. The standard InChI is InChI=1S/C11H12FN5O/c12-9-6-16(7-10(9)18)11-13-14-15-17(11)8-4-2-1-3-5-8/h1-5,9-10,18H,6-7H2/t9-,10-/m1/s1. The van der Waals surface area contributed by atoms with Crippen molar-refractivity contribution in [1.29, 1.82) is 0 Å². The number of benzene rings is 1. The Bertz CT molecular complexity index is 521. The van der Waals surface area contributed by atoms with Crippen molar-refractivity contribution in [2.75, 3.05) is 18.0 Å². The van der Waals surface area contributed by atoms with Crippen LogP contribution in [0.4, 0.5) is 10.3 Å². The van der Waals surface area contributed by atoms with Gasteiger partial charge in [0.2, 0.25) is 0 Å². The lowest BCUT2D eigenvalue weighted by atomic mass is 10.3. The molecule has 1 N–H and O–H groups in total. The molecule has 1 aromatic heterocycles. The first-order chi connectivity index (χ1) is 8.75. The van der Waals surface area contributed by atoms with E-state index < -0.39 is 12.3 Å². The van der Waals surface area contributed by atoms with Gasteiger partial charge in [0.05, 0.1) is 12.2 Å². The highest BCUT2D eigenvalue weighted by atomic mass is 19.1. The molecule has 0 radical (unpaired) electrons. The van der Waals surface area contributed by atoms with Gasteiger partial charge in [-0.3, -0.25) is 0 Å². The summed E-state index contributed by atoms with van der Waals surface area (Å²) in [6.07, 6.45) is -2.24. The van der Waals surface area contributed by atoms with Gasteiger partial charge in [-0.15, -0.1) is 0 Å². The van der Waals surface area contributed by atoms with Gasteiger partial charge >= 0.3 is 0 Å². The topological polar surface area (TPSA) is 67.1 Å². The second-order valence-corrected chi connectivity index (χ2v) is 4.21. The molecule has 7 heteroatoms. The predicted octanol–water partition coefficient (Wildman–Crippen LogP) is 0.181. The Kier molecular flexibility index (Phi) is 2.67. The summed E-state index contributed by atoms with van der Waals surface area (Å²) in [7, 11) is 0. The smallest absolute Gasteiger partial charge is 0.250 e.